The summed E-state index contributed by atoms with van der Waals surface area (Å²) in [6.07, 6.45) is 0. The van der Waals surface area contributed by atoms with Crippen LogP contribution >= 0.6 is 11.5 Å². The summed E-state index contributed by atoms with van der Waals surface area (Å²) in [7, 11) is 0. The molecular formula is C16H12NS. The molecule has 2 heteroatoms. The van der Waals surface area contributed by atoms with Gasteiger partial charge in [-0.05, 0) is 29.6 Å². The maximum Gasteiger partial charge on any atom is 0.0926 e. The Morgan fingerprint density at radius 2 is 1.67 bits per heavy atom. The largest absolute Gasteiger partial charge is 0.191 e. The fraction of sp³-hybridized carbons (Fsp3) is 0.0625. The molecule has 0 aliphatic heterocycles. The van der Waals surface area contributed by atoms with E-state index in [0.29, 0.717) is 0 Å². The van der Waals surface area contributed by atoms with Crippen LogP contribution in [-0.4, -0.2) is 4.37 Å². The van der Waals surface area contributed by atoms with Crippen LogP contribution in [0.5, 0.6) is 0 Å². The topological polar surface area (TPSA) is 12.9 Å². The lowest BCUT2D eigenvalue weighted by atomic mass is 10.1. The predicted octanol–water partition coefficient (Wildman–Crippen LogP) is 4.59. The Bertz CT molecular complexity index is 656. The highest BCUT2D eigenvalue weighted by atomic mass is 32.1. The number of benzene rings is 2. The Morgan fingerprint density at radius 1 is 0.944 bits per heavy atom. The third-order valence-corrected chi connectivity index (χ3v) is 3.68. The maximum absolute atomic E-state index is 4.49. The average molecular weight is 250 g/mol. The lowest BCUT2D eigenvalue weighted by molar-refractivity contribution is 1.47. The van der Waals surface area contributed by atoms with Gasteiger partial charge in [0.15, 0.2) is 0 Å². The highest BCUT2D eigenvalue weighted by Crippen LogP contribution is 2.30. The Hall–Kier alpha value is -1.93. The summed E-state index contributed by atoms with van der Waals surface area (Å²) in [4.78, 5) is 1.10. The number of hydrogen-bond donors (Lipinski definition) is 0. The first-order valence-corrected chi connectivity index (χ1v) is 6.62. The number of hydrogen-bond acceptors (Lipinski definition) is 2. The molecule has 3 rings (SSSR count). The van der Waals surface area contributed by atoms with E-state index in [1.165, 1.54) is 22.7 Å². The molecule has 1 heterocycles. The second-order valence-corrected chi connectivity index (χ2v) is 4.94. The van der Waals surface area contributed by atoms with Crippen molar-refractivity contribution >= 4 is 11.5 Å². The monoisotopic (exact) mass is 250 g/mol. The lowest BCUT2D eigenvalue weighted by Crippen LogP contribution is -1.78. The second kappa shape index (κ2) is 4.75. The van der Waals surface area contributed by atoms with Crippen molar-refractivity contribution in [2.45, 2.75) is 6.92 Å². The zero-order valence-electron chi connectivity index (χ0n) is 10.1. The van der Waals surface area contributed by atoms with Gasteiger partial charge in [0.2, 0.25) is 0 Å². The van der Waals surface area contributed by atoms with Crippen LogP contribution in [-0.2, 0) is 0 Å². The van der Waals surface area contributed by atoms with Crippen LogP contribution in [0, 0.1) is 13.0 Å². The molecule has 0 bridgehead atoms. The predicted molar refractivity (Wildman–Crippen MR) is 76.6 cm³/mol. The van der Waals surface area contributed by atoms with E-state index >= 15 is 0 Å². The summed E-state index contributed by atoms with van der Waals surface area (Å²) in [5.41, 5.74) is 4.53. The Kier molecular flexibility index (Phi) is 2.95. The molecule has 0 aliphatic rings. The molecule has 0 spiro atoms. The zero-order chi connectivity index (χ0) is 12.4. The van der Waals surface area contributed by atoms with Gasteiger partial charge in [0.1, 0.15) is 0 Å². The summed E-state index contributed by atoms with van der Waals surface area (Å²) in [5.74, 6) is 0. The number of aryl methyl sites for hydroxylation is 1. The fourth-order valence-electron chi connectivity index (χ4n) is 1.91. The van der Waals surface area contributed by atoms with Gasteiger partial charge in [0.05, 0.1) is 10.6 Å². The third kappa shape index (κ3) is 2.07. The van der Waals surface area contributed by atoms with Gasteiger partial charge in [-0.2, -0.15) is 4.37 Å². The van der Waals surface area contributed by atoms with Crippen molar-refractivity contribution < 1.29 is 0 Å². The van der Waals surface area contributed by atoms with Gasteiger partial charge in [0.25, 0.3) is 0 Å². The van der Waals surface area contributed by atoms with E-state index < -0.39 is 0 Å². The van der Waals surface area contributed by atoms with Gasteiger partial charge in [-0.15, -0.1) is 0 Å². The molecule has 0 atom stereocenters. The fourth-order valence-corrected chi connectivity index (χ4v) is 2.71. The van der Waals surface area contributed by atoms with E-state index in [-0.39, 0.29) is 0 Å². The van der Waals surface area contributed by atoms with E-state index in [2.05, 4.69) is 53.8 Å². The molecule has 0 unspecified atom stereocenters. The lowest BCUT2D eigenvalue weighted by Gasteiger charge is -2.00. The van der Waals surface area contributed by atoms with Gasteiger partial charge in [-0.3, -0.25) is 0 Å². The van der Waals surface area contributed by atoms with Gasteiger partial charge in [0, 0.05) is 11.6 Å². The number of aromatic nitrogens is 1. The summed E-state index contributed by atoms with van der Waals surface area (Å²) in [6, 6.07) is 21.9. The normalized spacial score (nSPS) is 10.5. The van der Waals surface area contributed by atoms with Gasteiger partial charge in [-0.1, -0.05) is 54.6 Å². The highest BCUT2D eigenvalue weighted by Gasteiger charge is 2.08. The van der Waals surface area contributed by atoms with E-state index in [1.54, 1.807) is 0 Å². The highest BCUT2D eigenvalue weighted by molar-refractivity contribution is 7.09. The molecule has 1 nitrogen and oxygen atoms in total. The van der Waals surface area contributed by atoms with Crippen molar-refractivity contribution in [1.82, 2.24) is 4.37 Å². The minimum absolute atomic E-state index is 0.929. The van der Waals surface area contributed by atoms with E-state index in [9.17, 15) is 0 Å². The molecular weight excluding hydrogens is 238 g/mol. The van der Waals surface area contributed by atoms with Crippen LogP contribution in [0.3, 0.4) is 0 Å². The van der Waals surface area contributed by atoms with Crippen molar-refractivity contribution in [2.24, 2.45) is 0 Å². The Labute approximate surface area is 111 Å². The van der Waals surface area contributed by atoms with Crippen molar-refractivity contribution in [3.63, 3.8) is 0 Å². The first kappa shape index (κ1) is 11.2. The summed E-state index contributed by atoms with van der Waals surface area (Å²) < 4.78 is 4.49. The number of rotatable bonds is 2. The molecule has 1 aromatic heterocycles. The van der Waals surface area contributed by atoms with Crippen molar-refractivity contribution in [1.29, 1.82) is 0 Å². The second-order valence-electron chi connectivity index (χ2n) is 4.17. The molecule has 0 amide bonds. The maximum atomic E-state index is 4.49. The van der Waals surface area contributed by atoms with Crippen molar-refractivity contribution in [3.8, 4) is 21.7 Å². The molecule has 0 N–H and O–H groups in total. The van der Waals surface area contributed by atoms with Crippen LogP contribution in [0.25, 0.3) is 21.7 Å². The Morgan fingerprint density at radius 3 is 2.44 bits per heavy atom. The molecule has 2 aromatic carbocycles. The molecule has 0 saturated carbocycles. The van der Waals surface area contributed by atoms with Crippen LogP contribution in [0.4, 0.5) is 0 Å². The zero-order valence-corrected chi connectivity index (χ0v) is 10.9. The van der Waals surface area contributed by atoms with Crippen LogP contribution < -0.4 is 0 Å². The average Bonchev–Trinajstić information content (AvgIpc) is 2.90. The van der Waals surface area contributed by atoms with Crippen LogP contribution in [0.2, 0.25) is 0 Å². The first-order valence-electron chi connectivity index (χ1n) is 5.85. The van der Waals surface area contributed by atoms with E-state index in [0.717, 1.165) is 16.1 Å². The standard InChI is InChI=1S/C16H12NS/c1-12-7-5-6-10-14(12)16-11-15(17-18-16)13-8-3-2-4-9-13/h2-10H,1H3. The number of nitrogens with zero attached hydrogens (tertiary/aromatic N) is 1. The molecule has 0 fully saturated rings. The third-order valence-electron chi connectivity index (χ3n) is 2.90. The van der Waals surface area contributed by atoms with Gasteiger partial charge < -0.3 is 0 Å². The van der Waals surface area contributed by atoms with Crippen molar-refractivity contribution in [3.05, 3.63) is 66.2 Å². The molecule has 18 heavy (non-hydrogen) atoms. The quantitative estimate of drug-likeness (QED) is 0.648. The smallest absolute Gasteiger partial charge is 0.0926 e. The SMILES string of the molecule is Cc1ccccc1-c1[c]c(-c2ccccc2)ns1. The summed E-state index contributed by atoms with van der Waals surface area (Å²) >= 11 is 1.51. The minimum atomic E-state index is 0.929. The van der Waals surface area contributed by atoms with E-state index in [4.69, 9.17) is 0 Å². The molecule has 87 valence electrons. The molecule has 1 radical (unpaired) electrons. The van der Waals surface area contributed by atoms with Crippen molar-refractivity contribution in [2.75, 3.05) is 0 Å². The Balaban J connectivity index is 2.03. The van der Waals surface area contributed by atoms with Crippen LogP contribution in [0.15, 0.2) is 54.6 Å². The molecule has 3 aromatic rings. The summed E-state index contributed by atoms with van der Waals surface area (Å²) in [5, 5.41) is 0. The molecule has 0 saturated heterocycles. The minimum Gasteiger partial charge on any atom is -0.191 e. The molecule has 0 aliphatic carbocycles. The first-order chi connectivity index (χ1) is 8.84. The van der Waals surface area contributed by atoms with E-state index in [1.807, 2.05) is 18.2 Å². The summed E-state index contributed by atoms with van der Waals surface area (Å²) in [6.45, 7) is 2.12. The van der Waals surface area contributed by atoms with Crippen LogP contribution in [0.1, 0.15) is 5.56 Å². The van der Waals surface area contributed by atoms with Gasteiger partial charge in [-0.25, -0.2) is 0 Å². The van der Waals surface area contributed by atoms with Gasteiger partial charge >= 0.3 is 0 Å².